The van der Waals surface area contributed by atoms with Gasteiger partial charge in [0.25, 0.3) is 0 Å². The van der Waals surface area contributed by atoms with Crippen molar-refractivity contribution in [2.45, 2.75) is 0 Å². The first-order valence-electron chi connectivity index (χ1n) is 14.8. The second-order valence-electron chi connectivity index (χ2n) is 10.0. The molecule has 0 aliphatic rings. The highest BCUT2D eigenvalue weighted by atomic mass is 16.5. The number of aromatic carboxylic acids is 3. The van der Waals surface area contributed by atoms with Crippen LogP contribution in [0, 0.1) is 0 Å². The number of hydrogen-bond acceptors (Lipinski definition) is 6. The van der Waals surface area contributed by atoms with Gasteiger partial charge in [-0.25, -0.2) is 14.4 Å². The number of hydrogen-bond donors (Lipinski definition) is 3. The van der Waals surface area contributed by atoms with Gasteiger partial charge in [-0.2, -0.15) is 0 Å². The first-order valence-corrected chi connectivity index (χ1v) is 14.8. The molecule has 6 aromatic carbocycles. The quantitative estimate of drug-likeness (QED) is 0.130. The van der Waals surface area contributed by atoms with Crippen LogP contribution in [0.5, 0.6) is 23.0 Å². The average molecular weight is 655 g/mol. The largest absolute Gasteiger partial charge is 0.478 e. The Bertz CT molecular complexity index is 2010. The molecule has 0 heterocycles. The second-order valence-corrected chi connectivity index (χ2v) is 10.0. The maximum atomic E-state index is 12.1. The number of benzene rings is 6. The zero-order valence-corrected chi connectivity index (χ0v) is 25.9. The van der Waals surface area contributed by atoms with E-state index in [0.29, 0.717) is 28.6 Å². The summed E-state index contributed by atoms with van der Waals surface area (Å²) in [5.74, 6) is -1.15. The van der Waals surface area contributed by atoms with Crippen LogP contribution in [0.25, 0.3) is 0 Å². The SMILES string of the molecule is O=C(O)c1cccc(Oc2ccccc2)c1.O=C(O)c1ccccc1C(=O)c1ccccc1.O=C(O)c1ccccc1Oc1ccccc1. The van der Waals surface area contributed by atoms with E-state index in [0.717, 1.165) is 0 Å². The van der Waals surface area contributed by atoms with E-state index in [1.807, 2.05) is 48.5 Å². The van der Waals surface area contributed by atoms with Gasteiger partial charge >= 0.3 is 17.9 Å². The van der Waals surface area contributed by atoms with Crippen LogP contribution in [0.4, 0.5) is 0 Å². The lowest BCUT2D eigenvalue weighted by molar-refractivity contribution is 0.0683. The molecule has 0 aromatic heterocycles. The van der Waals surface area contributed by atoms with Crippen LogP contribution in [0.3, 0.4) is 0 Å². The normalized spacial score (nSPS) is 9.80. The molecule has 0 saturated heterocycles. The van der Waals surface area contributed by atoms with E-state index >= 15 is 0 Å². The topological polar surface area (TPSA) is 147 Å². The van der Waals surface area contributed by atoms with Crippen molar-refractivity contribution in [2.24, 2.45) is 0 Å². The Hall–Kier alpha value is -7.00. The Labute approximate surface area is 281 Å². The number of carboxylic acid groups (broad SMARTS) is 3. The molecule has 3 N–H and O–H groups in total. The number of para-hydroxylation sites is 3. The van der Waals surface area contributed by atoms with E-state index in [1.54, 1.807) is 84.9 Å². The summed E-state index contributed by atoms with van der Waals surface area (Å²) in [6, 6.07) is 46.1. The minimum absolute atomic E-state index is 0.0290. The van der Waals surface area contributed by atoms with Crippen molar-refractivity contribution in [3.8, 4) is 23.0 Å². The van der Waals surface area contributed by atoms with E-state index in [1.165, 1.54) is 30.3 Å². The minimum Gasteiger partial charge on any atom is -0.478 e. The molecule has 0 aliphatic carbocycles. The van der Waals surface area contributed by atoms with Crippen molar-refractivity contribution < 1.29 is 44.0 Å². The molecular formula is C40H30O9. The summed E-state index contributed by atoms with van der Waals surface area (Å²) in [5, 5.41) is 26.8. The van der Waals surface area contributed by atoms with Gasteiger partial charge in [0.05, 0.1) is 11.1 Å². The summed E-state index contributed by atoms with van der Waals surface area (Å²) in [7, 11) is 0. The Morgan fingerprint density at radius 3 is 1.35 bits per heavy atom. The number of ketones is 1. The molecular weight excluding hydrogens is 624 g/mol. The fourth-order valence-electron chi connectivity index (χ4n) is 4.28. The number of carbonyl (C=O) groups excluding carboxylic acids is 1. The second kappa shape index (κ2) is 17.6. The number of ether oxygens (including phenoxy) is 2. The monoisotopic (exact) mass is 654 g/mol. The molecule has 49 heavy (non-hydrogen) atoms. The van der Waals surface area contributed by atoms with Crippen LogP contribution in [-0.4, -0.2) is 39.0 Å². The lowest BCUT2D eigenvalue weighted by atomic mass is 9.98. The van der Waals surface area contributed by atoms with Crippen molar-refractivity contribution >= 4 is 23.7 Å². The van der Waals surface area contributed by atoms with Gasteiger partial charge in [0.15, 0.2) is 5.78 Å². The van der Waals surface area contributed by atoms with Crippen molar-refractivity contribution in [3.05, 3.63) is 192 Å². The highest BCUT2D eigenvalue weighted by Gasteiger charge is 2.16. The summed E-state index contributed by atoms with van der Waals surface area (Å²) in [6.45, 7) is 0. The minimum atomic E-state index is -1.09. The highest BCUT2D eigenvalue weighted by molar-refractivity contribution is 6.14. The number of carbonyl (C=O) groups is 4. The fourth-order valence-corrected chi connectivity index (χ4v) is 4.28. The van der Waals surface area contributed by atoms with Gasteiger partial charge in [-0.05, 0) is 60.7 Å². The van der Waals surface area contributed by atoms with Crippen molar-refractivity contribution in [1.82, 2.24) is 0 Å². The third-order valence-corrected chi connectivity index (χ3v) is 6.59. The van der Waals surface area contributed by atoms with E-state index in [4.69, 9.17) is 24.8 Å². The molecule has 0 amide bonds. The number of rotatable bonds is 9. The molecule has 6 rings (SSSR count). The highest BCUT2D eigenvalue weighted by Crippen LogP contribution is 2.25. The molecule has 0 bridgehead atoms. The molecule has 6 aromatic rings. The molecule has 0 fully saturated rings. The average Bonchev–Trinajstić information content (AvgIpc) is 3.13. The van der Waals surface area contributed by atoms with Crippen LogP contribution >= 0.6 is 0 Å². The van der Waals surface area contributed by atoms with E-state index < -0.39 is 17.9 Å². The third-order valence-electron chi connectivity index (χ3n) is 6.59. The van der Waals surface area contributed by atoms with Gasteiger partial charge in [-0.1, -0.05) is 103 Å². The first-order chi connectivity index (χ1) is 23.7. The molecule has 0 radical (unpaired) electrons. The van der Waals surface area contributed by atoms with Gasteiger partial charge < -0.3 is 24.8 Å². The first kappa shape index (κ1) is 34.9. The van der Waals surface area contributed by atoms with Crippen LogP contribution in [-0.2, 0) is 0 Å². The van der Waals surface area contributed by atoms with Gasteiger partial charge in [-0.3, -0.25) is 4.79 Å². The summed E-state index contributed by atoms with van der Waals surface area (Å²) in [6.07, 6.45) is 0. The predicted molar refractivity (Wildman–Crippen MR) is 183 cm³/mol. The molecule has 9 nitrogen and oxygen atoms in total. The lowest BCUT2D eigenvalue weighted by Crippen LogP contribution is -2.09. The Morgan fingerprint density at radius 1 is 0.367 bits per heavy atom. The maximum Gasteiger partial charge on any atom is 0.339 e. The van der Waals surface area contributed by atoms with Crippen LogP contribution < -0.4 is 9.47 Å². The summed E-state index contributed by atoms with van der Waals surface area (Å²) in [5.41, 5.74) is 1.11. The van der Waals surface area contributed by atoms with Gasteiger partial charge in [0, 0.05) is 11.1 Å². The third kappa shape index (κ3) is 10.5. The Morgan fingerprint density at radius 2 is 0.796 bits per heavy atom. The standard InChI is InChI=1S/C14H10O3.2C13H10O3/c15-13(10-6-2-1-3-7-10)11-8-4-5-9-12(11)14(16)17;14-13(15)10-5-4-8-12(9-10)16-11-6-2-1-3-7-11;14-13(15)11-8-4-5-9-12(11)16-10-6-2-1-3-7-10/h1-9H,(H,16,17);2*1-9H,(H,14,15). The molecule has 0 spiro atoms. The van der Waals surface area contributed by atoms with Gasteiger partial charge in [-0.15, -0.1) is 0 Å². The van der Waals surface area contributed by atoms with Crippen molar-refractivity contribution in [2.75, 3.05) is 0 Å². The predicted octanol–water partition coefficient (Wildman–Crippen LogP) is 8.97. The maximum absolute atomic E-state index is 12.1. The molecule has 9 heteroatoms. The summed E-state index contributed by atoms with van der Waals surface area (Å²) >= 11 is 0. The van der Waals surface area contributed by atoms with E-state index in [9.17, 15) is 19.2 Å². The van der Waals surface area contributed by atoms with Crippen LogP contribution in [0.2, 0.25) is 0 Å². The lowest BCUT2D eigenvalue weighted by Gasteiger charge is -2.07. The smallest absolute Gasteiger partial charge is 0.339 e. The van der Waals surface area contributed by atoms with Gasteiger partial charge in [0.2, 0.25) is 0 Å². The zero-order chi connectivity index (χ0) is 35.0. The van der Waals surface area contributed by atoms with Crippen molar-refractivity contribution in [3.63, 3.8) is 0 Å². The Kier molecular flexibility index (Phi) is 12.5. The molecule has 0 atom stereocenters. The Balaban J connectivity index is 0.000000166. The van der Waals surface area contributed by atoms with Crippen LogP contribution in [0.1, 0.15) is 47.0 Å². The van der Waals surface area contributed by atoms with E-state index in [2.05, 4.69) is 0 Å². The number of carboxylic acids is 3. The van der Waals surface area contributed by atoms with E-state index in [-0.39, 0.29) is 28.0 Å². The summed E-state index contributed by atoms with van der Waals surface area (Å²) in [4.78, 5) is 44.8. The molecule has 0 saturated carbocycles. The van der Waals surface area contributed by atoms with Crippen LogP contribution in [0.15, 0.2) is 164 Å². The molecule has 0 aliphatic heterocycles. The molecule has 0 unspecified atom stereocenters. The fraction of sp³-hybridized carbons (Fsp3) is 0. The zero-order valence-electron chi connectivity index (χ0n) is 25.9. The van der Waals surface area contributed by atoms with Crippen molar-refractivity contribution in [1.29, 1.82) is 0 Å². The van der Waals surface area contributed by atoms with Gasteiger partial charge in [0.1, 0.15) is 28.6 Å². The summed E-state index contributed by atoms with van der Waals surface area (Å²) < 4.78 is 11.0. The molecule has 244 valence electrons.